The highest BCUT2D eigenvalue weighted by Crippen LogP contribution is 2.30. The molecule has 5 aromatic rings. The maximum absolute atomic E-state index is 6.33. The van der Waals surface area contributed by atoms with Gasteiger partial charge in [0.1, 0.15) is 5.82 Å². The average Bonchev–Trinajstić information content (AvgIpc) is 3.03. The minimum atomic E-state index is 0.784. The molecule has 0 fully saturated rings. The number of imidazole rings is 1. The van der Waals surface area contributed by atoms with Crippen LogP contribution < -0.4 is 0 Å². The molecule has 1 heterocycles. The highest BCUT2D eigenvalue weighted by atomic mass is 35.5. The van der Waals surface area contributed by atoms with Crippen LogP contribution >= 0.6 is 11.6 Å². The molecular formula is C23H17ClN2. The van der Waals surface area contributed by atoms with Gasteiger partial charge in [0.2, 0.25) is 0 Å². The van der Waals surface area contributed by atoms with Crippen LogP contribution in [0.4, 0.5) is 0 Å². The Hall–Kier alpha value is -2.84. The van der Waals surface area contributed by atoms with Gasteiger partial charge in [-0.15, -0.1) is 0 Å². The molecule has 0 aliphatic carbocycles. The Labute approximate surface area is 156 Å². The van der Waals surface area contributed by atoms with Crippen LogP contribution in [0.5, 0.6) is 0 Å². The van der Waals surface area contributed by atoms with Gasteiger partial charge < -0.3 is 0 Å². The van der Waals surface area contributed by atoms with Crippen molar-refractivity contribution in [3.05, 3.63) is 83.6 Å². The molecule has 2 nitrogen and oxygen atoms in total. The highest BCUT2D eigenvalue weighted by Gasteiger charge is 2.13. The first-order chi connectivity index (χ1) is 12.7. The van der Waals surface area contributed by atoms with Crippen molar-refractivity contribution in [2.45, 2.75) is 13.3 Å². The van der Waals surface area contributed by atoms with E-state index < -0.39 is 0 Å². The molecule has 0 aliphatic rings. The summed E-state index contributed by atoms with van der Waals surface area (Å²) in [5.74, 6) is 1.07. The second kappa shape index (κ2) is 5.86. The first-order valence-corrected chi connectivity index (χ1v) is 9.21. The number of aromatic nitrogens is 2. The van der Waals surface area contributed by atoms with Crippen molar-refractivity contribution in [3.8, 4) is 5.69 Å². The molecular weight excluding hydrogens is 340 g/mol. The van der Waals surface area contributed by atoms with Gasteiger partial charge in [-0.25, -0.2) is 4.98 Å². The van der Waals surface area contributed by atoms with Crippen LogP contribution in [-0.2, 0) is 6.42 Å². The fourth-order valence-electron chi connectivity index (χ4n) is 3.71. The molecule has 0 aliphatic heterocycles. The van der Waals surface area contributed by atoms with Crippen molar-refractivity contribution in [3.63, 3.8) is 0 Å². The van der Waals surface area contributed by atoms with Crippen molar-refractivity contribution >= 4 is 44.2 Å². The number of halogens is 1. The minimum absolute atomic E-state index is 0.784. The summed E-state index contributed by atoms with van der Waals surface area (Å²) < 4.78 is 2.27. The molecule has 0 bridgehead atoms. The van der Waals surface area contributed by atoms with Crippen molar-refractivity contribution in [1.82, 2.24) is 9.55 Å². The summed E-state index contributed by atoms with van der Waals surface area (Å²) in [6.07, 6.45) is 0.874. The van der Waals surface area contributed by atoms with Gasteiger partial charge in [-0.3, -0.25) is 4.57 Å². The molecule has 4 aromatic carbocycles. The van der Waals surface area contributed by atoms with E-state index in [0.717, 1.165) is 44.8 Å². The van der Waals surface area contributed by atoms with Gasteiger partial charge in [0.05, 0.1) is 11.0 Å². The van der Waals surface area contributed by atoms with E-state index in [1.165, 1.54) is 10.8 Å². The number of rotatable bonds is 2. The molecule has 3 heteroatoms. The van der Waals surface area contributed by atoms with Crippen LogP contribution in [0.15, 0.2) is 72.8 Å². The van der Waals surface area contributed by atoms with Gasteiger partial charge in [0.25, 0.3) is 0 Å². The fourth-order valence-corrected chi connectivity index (χ4v) is 3.95. The molecule has 0 radical (unpaired) electrons. The summed E-state index contributed by atoms with van der Waals surface area (Å²) in [5.41, 5.74) is 3.29. The van der Waals surface area contributed by atoms with Gasteiger partial charge in [-0.1, -0.05) is 61.0 Å². The summed E-state index contributed by atoms with van der Waals surface area (Å²) in [4.78, 5) is 4.89. The molecule has 0 spiro atoms. The van der Waals surface area contributed by atoms with E-state index in [2.05, 4.69) is 72.2 Å². The van der Waals surface area contributed by atoms with Crippen molar-refractivity contribution < 1.29 is 0 Å². The zero-order chi connectivity index (χ0) is 17.7. The van der Waals surface area contributed by atoms with E-state index in [0.29, 0.717) is 0 Å². The third-order valence-corrected chi connectivity index (χ3v) is 5.31. The lowest BCUT2D eigenvalue weighted by Gasteiger charge is -2.10. The Bertz CT molecular complexity index is 1280. The lowest BCUT2D eigenvalue weighted by molar-refractivity contribution is 0.909. The lowest BCUT2D eigenvalue weighted by atomic mass is 10.1. The van der Waals surface area contributed by atoms with Gasteiger partial charge >= 0.3 is 0 Å². The molecule has 0 saturated heterocycles. The van der Waals surface area contributed by atoms with Gasteiger partial charge in [-0.05, 0) is 46.5 Å². The first kappa shape index (κ1) is 15.4. The van der Waals surface area contributed by atoms with E-state index in [1.807, 2.05) is 12.1 Å². The van der Waals surface area contributed by atoms with E-state index >= 15 is 0 Å². The number of fused-ring (bicyclic) bond motifs is 3. The zero-order valence-corrected chi connectivity index (χ0v) is 15.2. The van der Waals surface area contributed by atoms with E-state index in [9.17, 15) is 0 Å². The van der Waals surface area contributed by atoms with E-state index in [-0.39, 0.29) is 0 Å². The average molecular weight is 357 g/mol. The van der Waals surface area contributed by atoms with Crippen LogP contribution in [0.2, 0.25) is 5.02 Å². The normalized spacial score (nSPS) is 11.6. The van der Waals surface area contributed by atoms with Gasteiger partial charge in [0, 0.05) is 22.5 Å². The number of hydrogen-bond donors (Lipinski definition) is 0. The van der Waals surface area contributed by atoms with E-state index in [4.69, 9.17) is 16.6 Å². The van der Waals surface area contributed by atoms with Crippen molar-refractivity contribution in [2.24, 2.45) is 0 Å². The largest absolute Gasteiger partial charge is 0.296 e. The predicted octanol–water partition coefficient (Wildman–Crippen LogP) is 6.55. The maximum Gasteiger partial charge on any atom is 0.114 e. The Morgan fingerprint density at radius 2 is 1.62 bits per heavy atom. The Kier molecular flexibility index (Phi) is 3.47. The smallest absolute Gasteiger partial charge is 0.114 e. The van der Waals surface area contributed by atoms with Crippen LogP contribution in [0.1, 0.15) is 12.7 Å². The third kappa shape index (κ3) is 2.30. The summed E-state index contributed by atoms with van der Waals surface area (Å²) in [6.45, 7) is 2.15. The maximum atomic E-state index is 6.33. The molecule has 0 unspecified atom stereocenters. The SMILES string of the molecule is CCc1nc2cc3ccccc3cc2n1-c1ccc2c(Cl)cccc2c1. The van der Waals surface area contributed by atoms with Crippen molar-refractivity contribution in [1.29, 1.82) is 0 Å². The van der Waals surface area contributed by atoms with Gasteiger partial charge in [-0.2, -0.15) is 0 Å². The Morgan fingerprint density at radius 1 is 0.846 bits per heavy atom. The lowest BCUT2D eigenvalue weighted by Crippen LogP contribution is -2.00. The number of nitrogens with zero attached hydrogens (tertiary/aromatic N) is 2. The Morgan fingerprint density at radius 3 is 2.42 bits per heavy atom. The fraction of sp³-hybridized carbons (Fsp3) is 0.0870. The van der Waals surface area contributed by atoms with Crippen LogP contribution in [0, 0.1) is 0 Å². The molecule has 0 amide bonds. The molecule has 0 N–H and O–H groups in total. The monoisotopic (exact) mass is 356 g/mol. The molecule has 126 valence electrons. The number of hydrogen-bond acceptors (Lipinski definition) is 1. The first-order valence-electron chi connectivity index (χ1n) is 8.83. The molecule has 26 heavy (non-hydrogen) atoms. The summed E-state index contributed by atoms with van der Waals surface area (Å²) in [5, 5.41) is 5.45. The zero-order valence-electron chi connectivity index (χ0n) is 14.4. The second-order valence-corrected chi connectivity index (χ2v) is 6.96. The number of aryl methyl sites for hydroxylation is 1. The topological polar surface area (TPSA) is 17.8 Å². The summed E-state index contributed by atoms with van der Waals surface area (Å²) in [6, 6.07) is 25.3. The van der Waals surface area contributed by atoms with Crippen LogP contribution in [0.25, 0.3) is 38.3 Å². The molecule has 0 atom stereocenters. The summed E-state index contributed by atoms with van der Waals surface area (Å²) >= 11 is 6.33. The quantitative estimate of drug-likeness (QED) is 0.350. The van der Waals surface area contributed by atoms with Crippen LogP contribution in [0.3, 0.4) is 0 Å². The number of benzene rings is 4. The third-order valence-electron chi connectivity index (χ3n) is 4.98. The standard InChI is InChI=1S/C23H17ClN2/c1-2-23-25-21-13-15-6-3-4-7-16(15)14-22(21)26(23)18-10-11-19-17(12-18)8-5-9-20(19)24/h3-14H,2H2,1H3. The molecule has 0 saturated carbocycles. The minimum Gasteiger partial charge on any atom is -0.296 e. The molecule has 5 rings (SSSR count). The predicted molar refractivity (Wildman–Crippen MR) is 110 cm³/mol. The highest BCUT2D eigenvalue weighted by molar-refractivity contribution is 6.35. The second-order valence-electron chi connectivity index (χ2n) is 6.55. The van der Waals surface area contributed by atoms with Crippen LogP contribution in [-0.4, -0.2) is 9.55 Å². The Balaban J connectivity index is 1.83. The van der Waals surface area contributed by atoms with Crippen molar-refractivity contribution in [2.75, 3.05) is 0 Å². The van der Waals surface area contributed by atoms with Gasteiger partial charge in [0.15, 0.2) is 0 Å². The van der Waals surface area contributed by atoms with E-state index in [1.54, 1.807) is 0 Å². The molecule has 1 aromatic heterocycles. The summed E-state index contributed by atoms with van der Waals surface area (Å²) in [7, 11) is 0.